The van der Waals surface area contributed by atoms with Gasteiger partial charge in [-0.1, -0.05) is 11.6 Å². The summed E-state index contributed by atoms with van der Waals surface area (Å²) in [6.07, 6.45) is 0.755. The Labute approximate surface area is 172 Å². The molecule has 1 aliphatic heterocycles. The van der Waals surface area contributed by atoms with Gasteiger partial charge in [0.2, 0.25) is 10.0 Å². The number of methoxy groups -OCH3 is 1. The first-order chi connectivity index (χ1) is 13.7. The normalized spacial score (nSPS) is 15.9. The van der Waals surface area contributed by atoms with E-state index in [-0.39, 0.29) is 34.6 Å². The van der Waals surface area contributed by atoms with Gasteiger partial charge in [-0.15, -0.1) is 0 Å². The summed E-state index contributed by atoms with van der Waals surface area (Å²) >= 11 is 5.82. The van der Waals surface area contributed by atoms with Crippen molar-refractivity contribution < 1.29 is 26.7 Å². The fourth-order valence-electron chi connectivity index (χ4n) is 3.10. The van der Waals surface area contributed by atoms with Gasteiger partial charge in [-0.05, 0) is 49.2 Å². The van der Waals surface area contributed by atoms with Gasteiger partial charge < -0.3 is 10.1 Å². The van der Waals surface area contributed by atoms with E-state index in [2.05, 4.69) is 5.32 Å². The van der Waals surface area contributed by atoms with Crippen molar-refractivity contribution in [3.63, 3.8) is 0 Å². The van der Waals surface area contributed by atoms with E-state index < -0.39 is 27.6 Å². The van der Waals surface area contributed by atoms with E-state index in [0.29, 0.717) is 18.6 Å². The lowest BCUT2D eigenvalue weighted by molar-refractivity contribution is 0.0923. The van der Waals surface area contributed by atoms with Crippen LogP contribution in [0.3, 0.4) is 0 Å². The number of amides is 1. The third-order valence-electron chi connectivity index (χ3n) is 4.74. The molecule has 156 valence electrons. The number of nitrogens with zero attached hydrogens (tertiary/aromatic N) is 1. The smallest absolute Gasteiger partial charge is 0.253 e. The van der Waals surface area contributed by atoms with Crippen LogP contribution in [0, 0.1) is 11.6 Å². The molecule has 0 aliphatic carbocycles. The largest absolute Gasteiger partial charge is 0.497 e. The number of carbonyl (C=O) groups excluding carboxylic acids is 1. The molecule has 0 atom stereocenters. The minimum atomic E-state index is -3.66. The third-order valence-corrected chi connectivity index (χ3v) is 6.97. The van der Waals surface area contributed by atoms with Gasteiger partial charge in [0.05, 0.1) is 22.6 Å². The third kappa shape index (κ3) is 4.68. The zero-order valence-corrected chi connectivity index (χ0v) is 17.1. The van der Waals surface area contributed by atoms with Crippen molar-refractivity contribution in [3.05, 3.63) is 58.6 Å². The first kappa shape index (κ1) is 21.5. The van der Waals surface area contributed by atoms with Crippen molar-refractivity contribution in [1.29, 1.82) is 0 Å². The summed E-state index contributed by atoms with van der Waals surface area (Å²) in [7, 11) is -2.16. The Hall–Kier alpha value is -2.23. The maximum Gasteiger partial charge on any atom is 0.253 e. The maximum absolute atomic E-state index is 13.4. The van der Waals surface area contributed by atoms with Crippen molar-refractivity contribution in [2.45, 2.75) is 23.8 Å². The molecule has 1 amide bonds. The van der Waals surface area contributed by atoms with Crippen molar-refractivity contribution in [3.8, 4) is 5.75 Å². The average Bonchev–Trinajstić information content (AvgIpc) is 2.71. The van der Waals surface area contributed by atoms with Gasteiger partial charge in [0, 0.05) is 19.1 Å². The van der Waals surface area contributed by atoms with Gasteiger partial charge >= 0.3 is 0 Å². The SMILES string of the molecule is COc1ccc(S(=O)(=O)N2CCC(NC(=O)c3cc(F)c(F)cc3Cl)CC2)cc1. The standard InChI is InChI=1S/C19H19ClF2N2O4S/c1-28-13-2-4-14(5-3-13)29(26,27)24-8-6-12(7-9-24)23-19(25)15-10-17(21)18(22)11-16(15)20/h2-5,10-12H,6-9H2,1H3,(H,23,25). The van der Waals surface area contributed by atoms with E-state index in [0.717, 1.165) is 12.1 Å². The summed E-state index contributed by atoms with van der Waals surface area (Å²) in [6, 6.07) is 7.29. The predicted octanol–water partition coefficient (Wildman–Crippen LogP) is 3.21. The molecule has 1 saturated heterocycles. The molecule has 2 aromatic carbocycles. The molecule has 0 saturated carbocycles. The number of benzene rings is 2. The van der Waals surface area contributed by atoms with Crippen molar-refractivity contribution >= 4 is 27.5 Å². The van der Waals surface area contributed by atoms with Crippen molar-refractivity contribution in [2.75, 3.05) is 20.2 Å². The number of hydrogen-bond acceptors (Lipinski definition) is 4. The van der Waals surface area contributed by atoms with Gasteiger partial charge in [-0.3, -0.25) is 4.79 Å². The number of rotatable bonds is 5. The second-order valence-corrected chi connectivity index (χ2v) is 8.92. The van der Waals surface area contributed by atoms with Gasteiger partial charge in [-0.2, -0.15) is 4.31 Å². The second kappa shape index (κ2) is 8.64. The highest BCUT2D eigenvalue weighted by atomic mass is 35.5. The Morgan fingerprint density at radius 2 is 1.72 bits per heavy atom. The van der Waals surface area contributed by atoms with Crippen LogP contribution >= 0.6 is 11.6 Å². The molecule has 1 N–H and O–H groups in total. The average molecular weight is 445 g/mol. The highest BCUT2D eigenvalue weighted by molar-refractivity contribution is 7.89. The summed E-state index contributed by atoms with van der Waals surface area (Å²) in [6.45, 7) is 0.426. The number of nitrogens with one attached hydrogen (secondary N) is 1. The highest BCUT2D eigenvalue weighted by Crippen LogP contribution is 2.24. The second-order valence-electron chi connectivity index (χ2n) is 6.57. The van der Waals surface area contributed by atoms with Gasteiger partial charge in [0.25, 0.3) is 5.91 Å². The topological polar surface area (TPSA) is 75.7 Å². The van der Waals surface area contributed by atoms with E-state index in [1.165, 1.54) is 23.5 Å². The molecule has 10 heteroatoms. The number of sulfonamides is 1. The minimum absolute atomic E-state index is 0.161. The lowest BCUT2D eigenvalue weighted by Crippen LogP contribution is -2.46. The van der Waals surface area contributed by atoms with Crippen LogP contribution in [-0.4, -0.2) is 44.9 Å². The van der Waals surface area contributed by atoms with Crippen LogP contribution in [0.25, 0.3) is 0 Å². The molecule has 0 spiro atoms. The minimum Gasteiger partial charge on any atom is -0.497 e. The molecule has 6 nitrogen and oxygen atoms in total. The first-order valence-corrected chi connectivity index (χ1v) is 10.6. The van der Waals surface area contributed by atoms with E-state index in [1.54, 1.807) is 12.1 Å². The summed E-state index contributed by atoms with van der Waals surface area (Å²) in [5, 5.41) is 2.51. The van der Waals surface area contributed by atoms with E-state index >= 15 is 0 Å². The Bertz CT molecular complexity index is 1010. The van der Waals surface area contributed by atoms with Crippen molar-refractivity contribution in [2.24, 2.45) is 0 Å². The monoisotopic (exact) mass is 444 g/mol. The molecule has 29 heavy (non-hydrogen) atoms. The van der Waals surface area contributed by atoms with Crippen LogP contribution in [0.15, 0.2) is 41.3 Å². The van der Waals surface area contributed by atoms with E-state index in [9.17, 15) is 22.0 Å². The fourth-order valence-corrected chi connectivity index (χ4v) is 4.80. The molecular weight excluding hydrogens is 426 g/mol. The van der Waals surface area contributed by atoms with Crippen LogP contribution in [-0.2, 0) is 10.0 Å². The summed E-state index contributed by atoms with van der Waals surface area (Å²) in [5.74, 6) is -2.38. The molecule has 0 radical (unpaired) electrons. The molecular formula is C19H19ClF2N2O4S. The Morgan fingerprint density at radius 3 is 2.31 bits per heavy atom. The fraction of sp³-hybridized carbons (Fsp3) is 0.316. The summed E-state index contributed by atoms with van der Waals surface area (Å²) in [5.41, 5.74) is -0.168. The van der Waals surface area contributed by atoms with Crippen LogP contribution in [0.4, 0.5) is 8.78 Å². The first-order valence-electron chi connectivity index (χ1n) is 8.82. The number of ether oxygens (including phenoxy) is 1. The molecule has 1 heterocycles. The van der Waals surface area contributed by atoms with Crippen molar-refractivity contribution in [1.82, 2.24) is 9.62 Å². The van der Waals surface area contributed by atoms with Gasteiger partial charge in [0.15, 0.2) is 11.6 Å². The maximum atomic E-state index is 13.4. The summed E-state index contributed by atoms with van der Waals surface area (Å²) in [4.78, 5) is 12.5. The quantitative estimate of drug-likeness (QED) is 0.718. The lowest BCUT2D eigenvalue weighted by Gasteiger charge is -2.31. The Balaban J connectivity index is 1.63. The van der Waals surface area contributed by atoms with Crippen LogP contribution in [0.5, 0.6) is 5.75 Å². The highest BCUT2D eigenvalue weighted by Gasteiger charge is 2.30. The number of piperidine rings is 1. The Morgan fingerprint density at radius 1 is 1.14 bits per heavy atom. The zero-order chi connectivity index (χ0) is 21.2. The molecule has 0 bridgehead atoms. The van der Waals surface area contributed by atoms with Crippen LogP contribution in [0.2, 0.25) is 5.02 Å². The van der Waals surface area contributed by atoms with E-state index in [1.807, 2.05) is 0 Å². The molecule has 0 unspecified atom stereocenters. The molecule has 0 aromatic heterocycles. The predicted molar refractivity (Wildman–Crippen MR) is 104 cm³/mol. The van der Waals surface area contributed by atoms with Crippen LogP contribution in [0.1, 0.15) is 23.2 Å². The van der Waals surface area contributed by atoms with Gasteiger partial charge in [-0.25, -0.2) is 17.2 Å². The Kier molecular flexibility index (Phi) is 6.40. The zero-order valence-electron chi connectivity index (χ0n) is 15.5. The molecule has 2 aromatic rings. The van der Waals surface area contributed by atoms with Gasteiger partial charge in [0.1, 0.15) is 5.75 Å². The summed E-state index contributed by atoms with van der Waals surface area (Å²) < 4.78 is 58.4. The molecule has 1 fully saturated rings. The van der Waals surface area contributed by atoms with E-state index in [4.69, 9.17) is 16.3 Å². The number of hydrogen-bond donors (Lipinski definition) is 1. The lowest BCUT2D eigenvalue weighted by atomic mass is 10.1. The van der Waals surface area contributed by atoms with Crippen LogP contribution < -0.4 is 10.1 Å². The number of carbonyl (C=O) groups is 1. The number of halogens is 3. The molecule has 3 rings (SSSR count). The molecule has 1 aliphatic rings.